The first kappa shape index (κ1) is 11.4. The minimum Gasteiger partial charge on any atom is -0.379 e. The maximum Gasteiger partial charge on any atom is 0.113 e. The van der Waals surface area contributed by atoms with Crippen LogP contribution >= 0.6 is 22.9 Å². The van der Waals surface area contributed by atoms with Crippen LogP contribution in [0.3, 0.4) is 0 Å². The van der Waals surface area contributed by atoms with Crippen molar-refractivity contribution in [1.29, 1.82) is 0 Å². The van der Waals surface area contributed by atoms with E-state index < -0.39 is 0 Å². The lowest BCUT2D eigenvalue weighted by Crippen LogP contribution is -1.98. The summed E-state index contributed by atoms with van der Waals surface area (Å²) in [6.45, 7) is 0.684. The van der Waals surface area contributed by atoms with Crippen molar-refractivity contribution in [2.24, 2.45) is 0 Å². The van der Waals surface area contributed by atoms with Crippen molar-refractivity contribution >= 4 is 39.5 Å². The van der Waals surface area contributed by atoms with E-state index in [0.717, 1.165) is 25.9 Å². The number of hydrogen-bond acceptors (Lipinski definition) is 4. The van der Waals surface area contributed by atoms with Crippen LogP contribution in [0, 0.1) is 0 Å². The second-order valence-corrected chi connectivity index (χ2v) is 5.57. The largest absolute Gasteiger partial charge is 0.379 e. The molecule has 0 fully saturated rings. The van der Waals surface area contributed by atoms with Gasteiger partial charge in [0.25, 0.3) is 0 Å². The Kier molecular flexibility index (Phi) is 3.13. The lowest BCUT2D eigenvalue weighted by molar-refractivity contribution is 1.10. The molecule has 0 aliphatic carbocycles. The van der Waals surface area contributed by atoms with Gasteiger partial charge in [-0.25, -0.2) is 4.98 Å². The molecule has 0 atom stereocenters. The third-order valence-electron chi connectivity index (χ3n) is 2.57. The number of halogens is 1. The van der Waals surface area contributed by atoms with Gasteiger partial charge in [0.1, 0.15) is 9.34 Å². The SMILES string of the molecule is Clc1cnc(CNc2ccc3ncccc3c2)s1. The molecule has 0 amide bonds. The van der Waals surface area contributed by atoms with Crippen LogP contribution in [0.1, 0.15) is 5.01 Å². The summed E-state index contributed by atoms with van der Waals surface area (Å²) < 4.78 is 0.717. The van der Waals surface area contributed by atoms with Gasteiger partial charge >= 0.3 is 0 Å². The van der Waals surface area contributed by atoms with E-state index in [1.54, 1.807) is 12.4 Å². The molecule has 0 unspecified atom stereocenters. The Hall–Kier alpha value is -1.65. The molecule has 0 spiro atoms. The number of hydrogen-bond donors (Lipinski definition) is 1. The van der Waals surface area contributed by atoms with Gasteiger partial charge in [-0.05, 0) is 24.3 Å². The number of rotatable bonds is 3. The van der Waals surface area contributed by atoms with E-state index >= 15 is 0 Å². The Morgan fingerprint density at radius 3 is 3.00 bits per heavy atom. The monoisotopic (exact) mass is 275 g/mol. The summed E-state index contributed by atoms with van der Waals surface area (Å²) in [6.07, 6.45) is 3.47. The van der Waals surface area contributed by atoms with Gasteiger partial charge in [-0.2, -0.15) is 0 Å². The molecule has 0 saturated heterocycles. The molecule has 2 heterocycles. The van der Waals surface area contributed by atoms with Crippen molar-refractivity contribution < 1.29 is 0 Å². The number of benzene rings is 1. The molecule has 0 saturated carbocycles. The summed E-state index contributed by atoms with van der Waals surface area (Å²) in [5.74, 6) is 0. The summed E-state index contributed by atoms with van der Waals surface area (Å²) in [4.78, 5) is 8.49. The lowest BCUT2D eigenvalue weighted by Gasteiger charge is -2.05. The summed E-state index contributed by atoms with van der Waals surface area (Å²) in [6, 6.07) is 10.1. The third-order valence-corrected chi connectivity index (χ3v) is 3.69. The van der Waals surface area contributed by atoms with Gasteiger partial charge in [0, 0.05) is 17.3 Å². The van der Waals surface area contributed by atoms with E-state index in [0.29, 0.717) is 6.54 Å². The first-order chi connectivity index (χ1) is 8.81. The summed E-state index contributed by atoms with van der Waals surface area (Å²) in [7, 11) is 0. The molecule has 5 heteroatoms. The first-order valence-corrected chi connectivity index (χ1v) is 6.69. The van der Waals surface area contributed by atoms with Gasteiger partial charge in [-0.1, -0.05) is 17.7 Å². The fourth-order valence-corrected chi connectivity index (χ4v) is 2.63. The molecule has 0 bridgehead atoms. The van der Waals surface area contributed by atoms with Crippen LogP contribution in [0.2, 0.25) is 4.34 Å². The van der Waals surface area contributed by atoms with E-state index in [-0.39, 0.29) is 0 Å². The highest BCUT2D eigenvalue weighted by Gasteiger charge is 2.00. The number of aromatic nitrogens is 2. The molecule has 3 nitrogen and oxygen atoms in total. The minimum atomic E-state index is 0.684. The van der Waals surface area contributed by atoms with Gasteiger partial charge in [-0.3, -0.25) is 4.98 Å². The molecule has 0 radical (unpaired) electrons. The van der Waals surface area contributed by atoms with Crippen LogP contribution in [-0.2, 0) is 6.54 Å². The molecule has 0 aliphatic heterocycles. The van der Waals surface area contributed by atoms with Gasteiger partial charge < -0.3 is 5.32 Å². The van der Waals surface area contributed by atoms with Crippen LogP contribution in [-0.4, -0.2) is 9.97 Å². The first-order valence-electron chi connectivity index (χ1n) is 5.50. The molecule has 18 heavy (non-hydrogen) atoms. The van der Waals surface area contributed by atoms with Crippen LogP contribution < -0.4 is 5.32 Å². The summed E-state index contributed by atoms with van der Waals surface area (Å²) >= 11 is 7.33. The van der Waals surface area contributed by atoms with Crippen LogP contribution in [0.4, 0.5) is 5.69 Å². The molecule has 0 aliphatic rings. The molecule has 3 aromatic rings. The fourth-order valence-electron chi connectivity index (χ4n) is 1.73. The Balaban J connectivity index is 1.78. The van der Waals surface area contributed by atoms with Gasteiger partial charge in [0.05, 0.1) is 18.3 Å². The van der Waals surface area contributed by atoms with Crippen molar-refractivity contribution in [1.82, 2.24) is 9.97 Å². The number of fused-ring (bicyclic) bond motifs is 1. The lowest BCUT2D eigenvalue weighted by atomic mass is 10.2. The summed E-state index contributed by atoms with van der Waals surface area (Å²) in [5.41, 5.74) is 2.06. The Morgan fingerprint density at radius 1 is 1.22 bits per heavy atom. The van der Waals surface area contributed by atoms with E-state index in [2.05, 4.69) is 21.4 Å². The normalized spacial score (nSPS) is 10.7. The van der Waals surface area contributed by atoms with Crippen LogP contribution in [0.15, 0.2) is 42.7 Å². The predicted molar refractivity (Wildman–Crippen MR) is 76.2 cm³/mol. The number of anilines is 1. The van der Waals surface area contributed by atoms with E-state index in [4.69, 9.17) is 11.6 Å². The van der Waals surface area contributed by atoms with E-state index in [1.807, 2.05) is 24.3 Å². The fraction of sp³-hybridized carbons (Fsp3) is 0.0769. The zero-order valence-corrected chi connectivity index (χ0v) is 11.0. The molecular weight excluding hydrogens is 266 g/mol. The molecular formula is C13H10ClN3S. The number of nitrogens with zero attached hydrogens (tertiary/aromatic N) is 2. The highest BCUT2D eigenvalue weighted by Crippen LogP contribution is 2.21. The van der Waals surface area contributed by atoms with E-state index in [9.17, 15) is 0 Å². The van der Waals surface area contributed by atoms with Gasteiger partial charge in [0.15, 0.2) is 0 Å². The van der Waals surface area contributed by atoms with Gasteiger partial charge in [0.2, 0.25) is 0 Å². The number of thiazole rings is 1. The van der Waals surface area contributed by atoms with Gasteiger partial charge in [-0.15, -0.1) is 11.3 Å². The quantitative estimate of drug-likeness (QED) is 0.786. The average molecular weight is 276 g/mol. The van der Waals surface area contributed by atoms with Crippen molar-refractivity contribution in [2.75, 3.05) is 5.32 Å². The van der Waals surface area contributed by atoms with Crippen molar-refractivity contribution in [3.63, 3.8) is 0 Å². The highest BCUT2D eigenvalue weighted by molar-refractivity contribution is 7.15. The average Bonchev–Trinajstić information content (AvgIpc) is 2.82. The minimum absolute atomic E-state index is 0.684. The standard InChI is InChI=1S/C13H10ClN3S/c14-12-7-17-13(18-12)8-16-10-3-4-11-9(6-10)2-1-5-15-11/h1-7,16H,8H2. The Morgan fingerprint density at radius 2 is 2.17 bits per heavy atom. The smallest absolute Gasteiger partial charge is 0.113 e. The van der Waals surface area contributed by atoms with Crippen molar-refractivity contribution in [3.05, 3.63) is 52.1 Å². The van der Waals surface area contributed by atoms with Crippen molar-refractivity contribution in [3.8, 4) is 0 Å². The Bertz CT molecular complexity index is 681. The van der Waals surface area contributed by atoms with Crippen LogP contribution in [0.25, 0.3) is 10.9 Å². The zero-order valence-electron chi connectivity index (χ0n) is 9.43. The zero-order chi connectivity index (χ0) is 12.4. The second kappa shape index (κ2) is 4.92. The number of pyridine rings is 1. The molecule has 1 aromatic carbocycles. The topological polar surface area (TPSA) is 37.8 Å². The number of nitrogens with one attached hydrogen (secondary N) is 1. The molecule has 1 N–H and O–H groups in total. The maximum absolute atomic E-state index is 5.84. The maximum atomic E-state index is 5.84. The van der Waals surface area contributed by atoms with Crippen LogP contribution in [0.5, 0.6) is 0 Å². The Labute approximate surface area is 113 Å². The predicted octanol–water partition coefficient (Wildman–Crippen LogP) is 3.96. The molecule has 90 valence electrons. The van der Waals surface area contributed by atoms with E-state index in [1.165, 1.54) is 11.3 Å². The summed E-state index contributed by atoms with van der Waals surface area (Å²) in [5, 5.41) is 5.43. The third kappa shape index (κ3) is 2.44. The second-order valence-electron chi connectivity index (χ2n) is 3.82. The molecule has 2 aromatic heterocycles. The highest BCUT2D eigenvalue weighted by atomic mass is 35.5. The van der Waals surface area contributed by atoms with Crippen molar-refractivity contribution in [2.45, 2.75) is 6.54 Å². The molecule has 3 rings (SSSR count).